The third-order valence-electron chi connectivity index (χ3n) is 1.84. The van der Waals surface area contributed by atoms with Crippen LogP contribution in [0, 0.1) is 6.92 Å². The van der Waals surface area contributed by atoms with Crippen molar-refractivity contribution >= 4 is 17.3 Å². The molecule has 3 N–H and O–H groups in total. The number of aryl methyl sites for hydroxylation is 1. The Kier molecular flexibility index (Phi) is 3.48. The van der Waals surface area contributed by atoms with Gasteiger partial charge < -0.3 is 15.8 Å². The molecule has 0 radical (unpaired) electrons. The number of carbonyl (C=O) groups excluding carboxylic acids is 1. The Bertz CT molecular complexity index is 337. The van der Waals surface area contributed by atoms with Crippen molar-refractivity contribution in [3.05, 3.63) is 23.8 Å². The van der Waals surface area contributed by atoms with E-state index in [2.05, 4.69) is 10.1 Å². The van der Waals surface area contributed by atoms with Crippen molar-refractivity contribution in [1.29, 1.82) is 0 Å². The summed E-state index contributed by atoms with van der Waals surface area (Å²) in [6, 6.07) is 5.39. The number of hydrogen-bond acceptors (Lipinski definition) is 3. The fraction of sp³-hybridized carbons (Fsp3) is 0.300. The highest BCUT2D eigenvalue weighted by Gasteiger charge is 2.01. The molecule has 76 valence electrons. The second-order valence-corrected chi connectivity index (χ2v) is 3.05. The molecule has 0 saturated heterocycles. The van der Waals surface area contributed by atoms with E-state index in [0.717, 1.165) is 5.56 Å². The van der Waals surface area contributed by atoms with Crippen molar-refractivity contribution in [3.8, 4) is 0 Å². The van der Waals surface area contributed by atoms with Gasteiger partial charge in [-0.1, -0.05) is 6.07 Å². The molecule has 0 spiro atoms. The molecule has 0 heterocycles. The number of rotatable bonds is 3. The van der Waals surface area contributed by atoms with E-state index in [4.69, 9.17) is 5.73 Å². The number of methoxy groups -OCH3 is 1. The van der Waals surface area contributed by atoms with Gasteiger partial charge in [-0.25, -0.2) is 0 Å². The Morgan fingerprint density at radius 3 is 2.86 bits per heavy atom. The first-order valence-corrected chi connectivity index (χ1v) is 4.28. The van der Waals surface area contributed by atoms with E-state index in [-0.39, 0.29) is 12.5 Å². The van der Waals surface area contributed by atoms with E-state index in [1.54, 1.807) is 12.1 Å². The van der Waals surface area contributed by atoms with Crippen LogP contribution in [0.25, 0.3) is 0 Å². The maximum absolute atomic E-state index is 11.1. The number of nitrogens with one attached hydrogen (secondary N) is 1. The minimum atomic E-state index is -0.184. The summed E-state index contributed by atoms with van der Waals surface area (Å²) in [7, 11) is 1.48. The van der Waals surface area contributed by atoms with E-state index in [1.165, 1.54) is 7.11 Å². The monoisotopic (exact) mass is 194 g/mol. The van der Waals surface area contributed by atoms with Crippen LogP contribution in [0.2, 0.25) is 0 Å². The minimum Gasteiger partial charge on any atom is -0.398 e. The van der Waals surface area contributed by atoms with Gasteiger partial charge in [-0.2, -0.15) is 0 Å². The number of amides is 1. The third-order valence-corrected chi connectivity index (χ3v) is 1.84. The maximum atomic E-state index is 11.1. The van der Waals surface area contributed by atoms with Crippen LogP contribution in [-0.4, -0.2) is 19.6 Å². The standard InChI is InChI=1S/C10H14N2O2/c1-7-3-4-8(5-9(7)11)12-10(13)6-14-2/h3-5H,6,11H2,1-2H3,(H,12,13). The zero-order valence-electron chi connectivity index (χ0n) is 8.33. The molecule has 0 unspecified atom stereocenters. The first-order chi connectivity index (χ1) is 6.63. The predicted octanol–water partition coefficient (Wildman–Crippen LogP) is 1.16. The lowest BCUT2D eigenvalue weighted by molar-refractivity contribution is -0.119. The fourth-order valence-corrected chi connectivity index (χ4v) is 1.05. The molecule has 0 aliphatic carbocycles. The molecular weight excluding hydrogens is 180 g/mol. The lowest BCUT2D eigenvalue weighted by Crippen LogP contribution is -2.17. The molecule has 0 aliphatic rings. The van der Waals surface area contributed by atoms with Crippen molar-refractivity contribution in [1.82, 2.24) is 0 Å². The summed E-state index contributed by atoms with van der Waals surface area (Å²) in [5.74, 6) is -0.184. The van der Waals surface area contributed by atoms with Crippen LogP contribution in [0.3, 0.4) is 0 Å². The normalized spacial score (nSPS) is 9.86. The molecule has 0 aliphatic heterocycles. The molecular formula is C10H14N2O2. The SMILES string of the molecule is COCC(=O)Nc1ccc(C)c(N)c1. The molecule has 0 fully saturated rings. The maximum Gasteiger partial charge on any atom is 0.250 e. The Balaban J connectivity index is 2.68. The van der Waals surface area contributed by atoms with Gasteiger partial charge >= 0.3 is 0 Å². The van der Waals surface area contributed by atoms with Gasteiger partial charge in [0.15, 0.2) is 0 Å². The Hall–Kier alpha value is -1.55. The van der Waals surface area contributed by atoms with Crippen LogP contribution in [0.15, 0.2) is 18.2 Å². The van der Waals surface area contributed by atoms with Gasteiger partial charge in [0, 0.05) is 18.5 Å². The number of nitrogens with two attached hydrogens (primary N) is 1. The molecule has 0 bridgehead atoms. The fourth-order valence-electron chi connectivity index (χ4n) is 1.05. The summed E-state index contributed by atoms with van der Waals surface area (Å²) in [6.45, 7) is 1.96. The quantitative estimate of drug-likeness (QED) is 0.710. The van der Waals surface area contributed by atoms with E-state index in [9.17, 15) is 4.79 Å². The third kappa shape index (κ3) is 2.74. The first-order valence-electron chi connectivity index (χ1n) is 4.28. The molecule has 1 aromatic carbocycles. The number of hydrogen-bond donors (Lipinski definition) is 2. The molecule has 1 amide bonds. The van der Waals surface area contributed by atoms with Crippen molar-refractivity contribution in [2.45, 2.75) is 6.92 Å². The lowest BCUT2D eigenvalue weighted by atomic mass is 10.2. The summed E-state index contributed by atoms with van der Waals surface area (Å²) >= 11 is 0. The van der Waals surface area contributed by atoms with Crippen LogP contribution < -0.4 is 11.1 Å². The van der Waals surface area contributed by atoms with Crippen molar-refractivity contribution in [2.75, 3.05) is 24.8 Å². The van der Waals surface area contributed by atoms with E-state index in [1.807, 2.05) is 13.0 Å². The molecule has 0 atom stereocenters. The minimum absolute atomic E-state index is 0.0494. The van der Waals surface area contributed by atoms with Crippen LogP contribution in [-0.2, 0) is 9.53 Å². The molecule has 4 heteroatoms. The summed E-state index contributed by atoms with van der Waals surface area (Å²) in [5, 5.41) is 2.67. The summed E-state index contributed by atoms with van der Waals surface area (Å²) in [4.78, 5) is 11.1. The van der Waals surface area contributed by atoms with Gasteiger partial charge in [0.25, 0.3) is 0 Å². The second-order valence-electron chi connectivity index (χ2n) is 3.05. The van der Waals surface area contributed by atoms with Crippen molar-refractivity contribution < 1.29 is 9.53 Å². The van der Waals surface area contributed by atoms with Crippen LogP contribution >= 0.6 is 0 Å². The van der Waals surface area contributed by atoms with Crippen molar-refractivity contribution in [2.24, 2.45) is 0 Å². The second kappa shape index (κ2) is 4.62. The van der Waals surface area contributed by atoms with Gasteiger partial charge in [0.2, 0.25) is 5.91 Å². The van der Waals surface area contributed by atoms with Crippen molar-refractivity contribution in [3.63, 3.8) is 0 Å². The average Bonchev–Trinajstić information content (AvgIpc) is 2.12. The van der Waals surface area contributed by atoms with E-state index < -0.39 is 0 Å². The lowest BCUT2D eigenvalue weighted by Gasteiger charge is -2.06. The zero-order chi connectivity index (χ0) is 10.6. The van der Waals surface area contributed by atoms with Crippen LogP contribution in [0.5, 0.6) is 0 Å². The summed E-state index contributed by atoms with van der Waals surface area (Å²) in [5.41, 5.74) is 8.04. The Morgan fingerprint density at radius 2 is 2.29 bits per heavy atom. The number of nitrogen functional groups attached to an aromatic ring is 1. The van der Waals surface area contributed by atoms with Gasteiger partial charge in [0.05, 0.1) is 0 Å². The largest absolute Gasteiger partial charge is 0.398 e. The number of benzene rings is 1. The van der Waals surface area contributed by atoms with E-state index in [0.29, 0.717) is 11.4 Å². The van der Waals surface area contributed by atoms with Gasteiger partial charge in [0.1, 0.15) is 6.61 Å². The molecule has 4 nitrogen and oxygen atoms in total. The molecule has 0 aromatic heterocycles. The van der Waals surface area contributed by atoms with E-state index >= 15 is 0 Å². The summed E-state index contributed by atoms with van der Waals surface area (Å²) < 4.78 is 4.69. The molecule has 1 aromatic rings. The van der Waals surface area contributed by atoms with Gasteiger partial charge in [-0.15, -0.1) is 0 Å². The molecule has 1 rings (SSSR count). The van der Waals surface area contributed by atoms with Gasteiger partial charge in [-0.05, 0) is 24.6 Å². The summed E-state index contributed by atoms with van der Waals surface area (Å²) in [6.07, 6.45) is 0. The van der Waals surface area contributed by atoms with Crippen LogP contribution in [0.4, 0.5) is 11.4 Å². The highest BCUT2D eigenvalue weighted by atomic mass is 16.5. The van der Waals surface area contributed by atoms with Crippen LogP contribution in [0.1, 0.15) is 5.56 Å². The topological polar surface area (TPSA) is 64.3 Å². The molecule has 0 saturated carbocycles. The zero-order valence-corrected chi connectivity index (χ0v) is 8.33. The number of ether oxygens (including phenoxy) is 1. The smallest absolute Gasteiger partial charge is 0.250 e. The number of anilines is 2. The Morgan fingerprint density at radius 1 is 1.57 bits per heavy atom. The molecule has 14 heavy (non-hydrogen) atoms. The Labute approximate surface area is 83.1 Å². The average molecular weight is 194 g/mol. The number of carbonyl (C=O) groups is 1. The van der Waals surface area contributed by atoms with Gasteiger partial charge in [-0.3, -0.25) is 4.79 Å². The highest BCUT2D eigenvalue weighted by Crippen LogP contribution is 2.16. The first kappa shape index (κ1) is 10.5. The highest BCUT2D eigenvalue weighted by molar-refractivity contribution is 5.92. The predicted molar refractivity (Wildman–Crippen MR) is 56.1 cm³/mol.